The fourth-order valence-corrected chi connectivity index (χ4v) is 8.35. The minimum Gasteiger partial charge on any atom is -0.374 e. The molecular formula is C49H36N2. The van der Waals surface area contributed by atoms with Crippen LogP contribution in [0.4, 0.5) is 0 Å². The van der Waals surface area contributed by atoms with Crippen molar-refractivity contribution in [1.29, 1.82) is 0 Å². The first-order chi connectivity index (χ1) is 25.3. The maximum Gasteiger partial charge on any atom is 0.0703 e. The molecule has 1 aliphatic rings. The van der Waals surface area contributed by atoms with E-state index in [1.54, 1.807) is 0 Å². The topological polar surface area (TPSA) is 17.0 Å². The lowest BCUT2D eigenvalue weighted by Gasteiger charge is -2.24. The van der Waals surface area contributed by atoms with Crippen molar-refractivity contribution in [2.24, 2.45) is 0 Å². The van der Waals surface area contributed by atoms with Crippen LogP contribution in [0.5, 0.6) is 0 Å². The molecule has 0 bridgehead atoms. The summed E-state index contributed by atoms with van der Waals surface area (Å²) in [7, 11) is 0. The molecule has 0 spiro atoms. The molecule has 0 saturated carbocycles. The number of benzene rings is 8. The summed E-state index contributed by atoms with van der Waals surface area (Å²) in [5, 5.41) is 14.3. The van der Waals surface area contributed by atoms with Crippen LogP contribution in [0.15, 0.2) is 182 Å². The number of allylic oxidation sites excluding steroid dienone is 2. The van der Waals surface area contributed by atoms with Crippen molar-refractivity contribution in [2.45, 2.75) is 18.9 Å². The van der Waals surface area contributed by atoms with Crippen molar-refractivity contribution in [2.75, 3.05) is 0 Å². The monoisotopic (exact) mass is 652 g/mol. The molecule has 0 saturated heterocycles. The fourth-order valence-electron chi connectivity index (χ4n) is 8.35. The predicted octanol–water partition coefficient (Wildman–Crippen LogP) is 12.8. The van der Waals surface area contributed by atoms with Gasteiger partial charge in [0.15, 0.2) is 0 Å². The summed E-state index contributed by atoms with van der Waals surface area (Å²) in [6, 6.07) is 62.1. The SMILES string of the molecule is C1=C(c2ccccc2)CC/C=C(\c2ccc(-n3c4ccc5ccccc5c4c4c5ccccc5c5ccccc5c43)cc2)NC1c1ccccc1. The van der Waals surface area contributed by atoms with Gasteiger partial charge in [0.05, 0.1) is 17.1 Å². The molecule has 1 aromatic heterocycles. The lowest BCUT2D eigenvalue weighted by Crippen LogP contribution is -2.20. The average Bonchev–Trinajstić information content (AvgIpc) is 3.55. The largest absolute Gasteiger partial charge is 0.374 e. The van der Waals surface area contributed by atoms with Crippen molar-refractivity contribution >= 4 is 65.4 Å². The molecule has 2 nitrogen and oxygen atoms in total. The average molecular weight is 653 g/mol. The van der Waals surface area contributed by atoms with Gasteiger partial charge in [0.25, 0.3) is 0 Å². The number of nitrogens with zero attached hydrogens (tertiary/aromatic N) is 1. The van der Waals surface area contributed by atoms with Gasteiger partial charge in [-0.2, -0.15) is 0 Å². The summed E-state index contributed by atoms with van der Waals surface area (Å²) in [5.41, 5.74) is 9.93. The number of aromatic nitrogens is 1. The molecule has 1 aliphatic heterocycles. The quantitative estimate of drug-likeness (QED) is 0.187. The van der Waals surface area contributed by atoms with Gasteiger partial charge in [-0.15, -0.1) is 0 Å². The Balaban J connectivity index is 1.14. The van der Waals surface area contributed by atoms with E-state index in [9.17, 15) is 0 Å². The molecule has 2 heterocycles. The zero-order valence-corrected chi connectivity index (χ0v) is 28.3. The second kappa shape index (κ2) is 12.2. The van der Waals surface area contributed by atoms with E-state index in [4.69, 9.17) is 0 Å². The molecule has 51 heavy (non-hydrogen) atoms. The molecule has 1 atom stereocenters. The third-order valence-electron chi connectivity index (χ3n) is 10.7. The summed E-state index contributed by atoms with van der Waals surface area (Å²) in [6.07, 6.45) is 6.76. The number of hydrogen-bond donors (Lipinski definition) is 1. The summed E-state index contributed by atoms with van der Waals surface area (Å²) in [6.45, 7) is 0. The zero-order chi connectivity index (χ0) is 33.7. The number of rotatable bonds is 4. The summed E-state index contributed by atoms with van der Waals surface area (Å²) >= 11 is 0. The Bertz CT molecular complexity index is 2800. The van der Waals surface area contributed by atoms with Crippen LogP contribution < -0.4 is 5.32 Å². The Labute approximate surface area is 297 Å². The molecule has 8 aromatic carbocycles. The molecule has 0 aliphatic carbocycles. The lowest BCUT2D eigenvalue weighted by atomic mass is 9.93. The van der Waals surface area contributed by atoms with Crippen LogP contribution >= 0.6 is 0 Å². The Morgan fingerprint density at radius 1 is 0.490 bits per heavy atom. The Morgan fingerprint density at radius 3 is 1.88 bits per heavy atom. The molecule has 1 N–H and O–H groups in total. The fraction of sp³-hybridized carbons (Fsp3) is 0.0612. The highest BCUT2D eigenvalue weighted by atomic mass is 15.0. The smallest absolute Gasteiger partial charge is 0.0703 e. The van der Waals surface area contributed by atoms with Crippen LogP contribution in [0.25, 0.3) is 71.1 Å². The Morgan fingerprint density at radius 2 is 1.12 bits per heavy atom. The minimum atomic E-state index is 0.0536. The van der Waals surface area contributed by atoms with Crippen molar-refractivity contribution in [3.05, 3.63) is 199 Å². The second-order valence-corrected chi connectivity index (χ2v) is 13.6. The van der Waals surface area contributed by atoms with Gasteiger partial charge in [0.2, 0.25) is 0 Å². The molecular weight excluding hydrogens is 617 g/mol. The Hall–Kier alpha value is -6.38. The van der Waals surface area contributed by atoms with Gasteiger partial charge in [-0.25, -0.2) is 0 Å². The Kier molecular flexibility index (Phi) is 7.06. The predicted molar refractivity (Wildman–Crippen MR) is 217 cm³/mol. The van der Waals surface area contributed by atoms with Crippen molar-refractivity contribution in [3.8, 4) is 5.69 Å². The first kappa shape index (κ1) is 29.5. The van der Waals surface area contributed by atoms with E-state index in [1.807, 2.05) is 0 Å². The highest BCUT2D eigenvalue weighted by Gasteiger charge is 2.21. The molecule has 9 aromatic rings. The van der Waals surface area contributed by atoms with Crippen LogP contribution in [0.2, 0.25) is 0 Å². The first-order valence-electron chi connectivity index (χ1n) is 18.0. The third kappa shape index (κ3) is 4.94. The van der Waals surface area contributed by atoms with Gasteiger partial charge < -0.3 is 9.88 Å². The normalized spacial score (nSPS) is 16.1. The van der Waals surface area contributed by atoms with E-state index in [0.717, 1.165) is 18.5 Å². The third-order valence-corrected chi connectivity index (χ3v) is 10.7. The molecule has 0 fully saturated rings. The zero-order valence-electron chi connectivity index (χ0n) is 28.3. The van der Waals surface area contributed by atoms with Crippen LogP contribution in [0.3, 0.4) is 0 Å². The molecule has 0 amide bonds. The van der Waals surface area contributed by atoms with E-state index in [2.05, 4.69) is 192 Å². The van der Waals surface area contributed by atoms with Crippen molar-refractivity contribution in [1.82, 2.24) is 9.88 Å². The van der Waals surface area contributed by atoms with Crippen molar-refractivity contribution < 1.29 is 0 Å². The summed E-state index contributed by atoms with van der Waals surface area (Å²) in [5.74, 6) is 0. The van der Waals surface area contributed by atoms with Gasteiger partial charge in [-0.1, -0.05) is 164 Å². The lowest BCUT2D eigenvalue weighted by molar-refractivity contribution is 0.760. The van der Waals surface area contributed by atoms with E-state index in [0.29, 0.717) is 0 Å². The maximum absolute atomic E-state index is 3.94. The van der Waals surface area contributed by atoms with Gasteiger partial charge in [0, 0.05) is 27.5 Å². The summed E-state index contributed by atoms with van der Waals surface area (Å²) in [4.78, 5) is 0. The molecule has 0 radical (unpaired) electrons. The highest BCUT2D eigenvalue weighted by Crippen LogP contribution is 2.44. The van der Waals surface area contributed by atoms with Crippen LogP contribution in [0, 0.1) is 0 Å². The maximum atomic E-state index is 3.94. The summed E-state index contributed by atoms with van der Waals surface area (Å²) < 4.78 is 2.50. The first-order valence-corrected chi connectivity index (χ1v) is 18.0. The van der Waals surface area contributed by atoms with E-state index in [1.165, 1.54) is 82.1 Å². The number of fused-ring (bicyclic) bond motifs is 10. The van der Waals surface area contributed by atoms with Gasteiger partial charge >= 0.3 is 0 Å². The highest BCUT2D eigenvalue weighted by molar-refractivity contribution is 6.35. The van der Waals surface area contributed by atoms with Crippen LogP contribution in [-0.4, -0.2) is 4.57 Å². The van der Waals surface area contributed by atoms with Crippen LogP contribution in [0.1, 0.15) is 35.6 Å². The van der Waals surface area contributed by atoms with E-state index >= 15 is 0 Å². The van der Waals surface area contributed by atoms with Crippen LogP contribution in [-0.2, 0) is 0 Å². The van der Waals surface area contributed by atoms with Gasteiger partial charge in [-0.3, -0.25) is 0 Å². The second-order valence-electron chi connectivity index (χ2n) is 13.6. The van der Waals surface area contributed by atoms with Crippen molar-refractivity contribution in [3.63, 3.8) is 0 Å². The van der Waals surface area contributed by atoms with Gasteiger partial charge in [-0.05, 0) is 80.2 Å². The standard InChI is InChI=1S/C49H36N2/c1-3-14-33(15-4-1)37-19-13-25-44(50-45(32-37)35-17-5-2-6-18-35)36-26-29-38(30-27-36)51-46-31-28-34-16-7-8-20-39(34)47(46)48-42-23-11-9-21-40(42)41-22-10-12-24-43(41)49(48)51/h1-12,14-18,20-32,45,50H,13,19H2/b37-32?,44-25+. The molecule has 242 valence electrons. The number of nitrogens with one attached hydrogen (secondary N) is 1. The number of hydrogen-bond acceptors (Lipinski definition) is 1. The molecule has 1 unspecified atom stereocenters. The van der Waals surface area contributed by atoms with E-state index in [-0.39, 0.29) is 6.04 Å². The molecule has 10 rings (SSSR count). The minimum absolute atomic E-state index is 0.0536. The molecule has 2 heteroatoms. The van der Waals surface area contributed by atoms with Gasteiger partial charge in [0.1, 0.15) is 0 Å². The van der Waals surface area contributed by atoms with E-state index < -0.39 is 0 Å².